The summed E-state index contributed by atoms with van der Waals surface area (Å²) in [6.45, 7) is 11.2. The minimum absolute atomic E-state index is 0.778. The molecular formula is C18H28N2. The Bertz CT molecular complexity index is 577. The van der Waals surface area contributed by atoms with Crippen LogP contribution in [0.5, 0.6) is 0 Å². The molecular weight excluding hydrogens is 244 g/mol. The van der Waals surface area contributed by atoms with Crippen molar-refractivity contribution >= 4 is 10.9 Å². The average Bonchev–Trinajstić information content (AvgIpc) is 2.69. The molecule has 2 aromatic rings. The van der Waals surface area contributed by atoms with Crippen LogP contribution in [-0.2, 0) is 13.1 Å². The van der Waals surface area contributed by atoms with Gasteiger partial charge in [0.2, 0.25) is 0 Å². The van der Waals surface area contributed by atoms with Gasteiger partial charge in [-0.2, -0.15) is 0 Å². The minimum Gasteiger partial charge on any atom is -0.344 e. The maximum absolute atomic E-state index is 3.23. The van der Waals surface area contributed by atoms with Gasteiger partial charge in [0.15, 0.2) is 0 Å². The number of nitrogens with zero attached hydrogens (tertiary/aromatic N) is 1. The molecule has 0 saturated heterocycles. The quantitative estimate of drug-likeness (QED) is 0.824. The smallest absolute Gasteiger partial charge is 0.0485 e. The predicted octanol–water partition coefficient (Wildman–Crippen LogP) is 4.41. The van der Waals surface area contributed by atoms with E-state index in [0.29, 0.717) is 0 Å². The molecule has 1 aromatic carbocycles. The zero-order chi connectivity index (χ0) is 14.7. The first-order chi connectivity index (χ1) is 9.62. The van der Waals surface area contributed by atoms with Gasteiger partial charge >= 0.3 is 0 Å². The Labute approximate surface area is 123 Å². The summed E-state index contributed by atoms with van der Waals surface area (Å²) in [6.07, 6.45) is 2.51. The van der Waals surface area contributed by atoms with Crippen LogP contribution in [0, 0.1) is 19.8 Å². The Balaban J connectivity index is 2.47. The largest absolute Gasteiger partial charge is 0.344 e. The van der Waals surface area contributed by atoms with Gasteiger partial charge in [-0.05, 0) is 50.1 Å². The summed E-state index contributed by atoms with van der Waals surface area (Å²) < 4.78 is 2.52. The van der Waals surface area contributed by atoms with Crippen LogP contribution >= 0.6 is 0 Å². The molecule has 110 valence electrons. The number of hydrogen-bond donors (Lipinski definition) is 1. The molecule has 2 nitrogen and oxygen atoms in total. The third-order valence-corrected chi connectivity index (χ3v) is 4.68. The Morgan fingerprint density at radius 1 is 1.15 bits per heavy atom. The lowest BCUT2D eigenvalue weighted by Crippen LogP contribution is -2.10. The zero-order valence-electron chi connectivity index (χ0n) is 13.6. The molecule has 0 fully saturated rings. The zero-order valence-corrected chi connectivity index (χ0v) is 13.6. The first-order valence-electron chi connectivity index (χ1n) is 7.85. The van der Waals surface area contributed by atoms with E-state index in [1.165, 1.54) is 40.6 Å². The standard InChI is InChI=1S/C18H28N2/c1-6-15(7-2)12-20-14(4)13(3)17-10-16(11-19-5)8-9-18(17)20/h8-10,15,19H,6-7,11-12H2,1-5H3. The van der Waals surface area contributed by atoms with Crippen molar-refractivity contribution < 1.29 is 0 Å². The first-order valence-corrected chi connectivity index (χ1v) is 7.85. The van der Waals surface area contributed by atoms with Crippen LogP contribution in [0.1, 0.15) is 43.5 Å². The summed E-state index contributed by atoms with van der Waals surface area (Å²) in [5, 5.41) is 4.65. The van der Waals surface area contributed by atoms with E-state index < -0.39 is 0 Å². The Morgan fingerprint density at radius 2 is 1.85 bits per heavy atom. The molecule has 0 spiro atoms. The number of aromatic nitrogens is 1. The maximum Gasteiger partial charge on any atom is 0.0485 e. The molecule has 1 heterocycles. The minimum atomic E-state index is 0.778. The fraction of sp³-hybridized carbons (Fsp3) is 0.556. The Hall–Kier alpha value is -1.28. The number of aryl methyl sites for hydroxylation is 1. The highest BCUT2D eigenvalue weighted by Gasteiger charge is 2.14. The molecule has 0 unspecified atom stereocenters. The fourth-order valence-electron chi connectivity index (χ4n) is 3.05. The normalized spacial score (nSPS) is 11.7. The van der Waals surface area contributed by atoms with E-state index in [0.717, 1.165) is 19.0 Å². The molecule has 0 atom stereocenters. The van der Waals surface area contributed by atoms with Crippen molar-refractivity contribution in [2.45, 2.75) is 53.6 Å². The van der Waals surface area contributed by atoms with Gasteiger partial charge in [-0.3, -0.25) is 0 Å². The summed E-state index contributed by atoms with van der Waals surface area (Å²) in [4.78, 5) is 0. The van der Waals surface area contributed by atoms with Gasteiger partial charge < -0.3 is 9.88 Å². The third kappa shape index (κ3) is 2.76. The van der Waals surface area contributed by atoms with Crippen LogP contribution in [0.3, 0.4) is 0 Å². The summed E-state index contributed by atoms with van der Waals surface area (Å²) in [5.74, 6) is 0.778. The molecule has 0 bridgehead atoms. The van der Waals surface area contributed by atoms with Crippen molar-refractivity contribution in [2.24, 2.45) is 5.92 Å². The van der Waals surface area contributed by atoms with Gasteiger partial charge in [0, 0.05) is 29.7 Å². The molecule has 1 aromatic heterocycles. The molecule has 2 rings (SSSR count). The highest BCUT2D eigenvalue weighted by Crippen LogP contribution is 2.28. The van der Waals surface area contributed by atoms with Crippen LogP contribution in [0.4, 0.5) is 0 Å². The molecule has 0 aliphatic carbocycles. The Kier molecular flexibility index (Phi) is 4.87. The van der Waals surface area contributed by atoms with Crippen molar-refractivity contribution in [3.8, 4) is 0 Å². The van der Waals surface area contributed by atoms with Gasteiger partial charge in [0.25, 0.3) is 0 Å². The molecule has 20 heavy (non-hydrogen) atoms. The van der Waals surface area contributed by atoms with E-state index in [4.69, 9.17) is 0 Å². The maximum atomic E-state index is 3.23. The monoisotopic (exact) mass is 272 g/mol. The summed E-state index contributed by atoms with van der Waals surface area (Å²) in [6, 6.07) is 6.89. The third-order valence-electron chi connectivity index (χ3n) is 4.68. The van der Waals surface area contributed by atoms with Crippen LogP contribution in [-0.4, -0.2) is 11.6 Å². The van der Waals surface area contributed by atoms with Gasteiger partial charge in [0.05, 0.1) is 0 Å². The summed E-state index contributed by atoms with van der Waals surface area (Å²) in [5.41, 5.74) is 5.62. The lowest BCUT2D eigenvalue weighted by Gasteiger charge is -2.16. The van der Waals surface area contributed by atoms with Crippen molar-refractivity contribution in [2.75, 3.05) is 7.05 Å². The van der Waals surface area contributed by atoms with E-state index in [1.807, 2.05) is 7.05 Å². The highest BCUT2D eigenvalue weighted by atomic mass is 15.0. The summed E-state index contributed by atoms with van der Waals surface area (Å²) in [7, 11) is 2.00. The number of rotatable bonds is 6. The Morgan fingerprint density at radius 3 is 2.45 bits per heavy atom. The van der Waals surface area contributed by atoms with Crippen LogP contribution in [0.15, 0.2) is 18.2 Å². The lowest BCUT2D eigenvalue weighted by molar-refractivity contribution is 0.421. The fourth-order valence-corrected chi connectivity index (χ4v) is 3.05. The van der Waals surface area contributed by atoms with Gasteiger partial charge in [0.1, 0.15) is 0 Å². The SMILES string of the molecule is CCC(CC)Cn1c(C)c(C)c2cc(CNC)ccc21. The second-order valence-corrected chi connectivity index (χ2v) is 5.89. The number of nitrogens with one attached hydrogen (secondary N) is 1. The molecule has 2 heteroatoms. The van der Waals surface area contributed by atoms with Gasteiger partial charge in [-0.25, -0.2) is 0 Å². The first kappa shape index (κ1) is 15.1. The molecule has 1 N–H and O–H groups in total. The van der Waals surface area contributed by atoms with Crippen molar-refractivity contribution in [1.82, 2.24) is 9.88 Å². The van der Waals surface area contributed by atoms with Gasteiger partial charge in [-0.1, -0.05) is 32.8 Å². The average molecular weight is 272 g/mol. The van der Waals surface area contributed by atoms with E-state index in [9.17, 15) is 0 Å². The van der Waals surface area contributed by atoms with E-state index in [2.05, 4.69) is 55.8 Å². The molecule has 0 saturated carbocycles. The van der Waals surface area contributed by atoms with E-state index in [1.54, 1.807) is 0 Å². The molecule has 0 aliphatic rings. The van der Waals surface area contributed by atoms with Crippen LogP contribution in [0.2, 0.25) is 0 Å². The second-order valence-electron chi connectivity index (χ2n) is 5.89. The van der Waals surface area contributed by atoms with Crippen LogP contribution in [0.25, 0.3) is 10.9 Å². The summed E-state index contributed by atoms with van der Waals surface area (Å²) >= 11 is 0. The number of benzene rings is 1. The molecule has 0 aliphatic heterocycles. The second kappa shape index (κ2) is 6.45. The van der Waals surface area contributed by atoms with E-state index >= 15 is 0 Å². The van der Waals surface area contributed by atoms with Crippen molar-refractivity contribution in [1.29, 1.82) is 0 Å². The predicted molar refractivity (Wildman–Crippen MR) is 88.2 cm³/mol. The van der Waals surface area contributed by atoms with Crippen molar-refractivity contribution in [3.63, 3.8) is 0 Å². The number of fused-ring (bicyclic) bond motifs is 1. The van der Waals surface area contributed by atoms with Gasteiger partial charge in [-0.15, -0.1) is 0 Å². The molecule has 0 amide bonds. The lowest BCUT2D eigenvalue weighted by atomic mass is 10.0. The van der Waals surface area contributed by atoms with Crippen molar-refractivity contribution in [3.05, 3.63) is 35.0 Å². The number of hydrogen-bond acceptors (Lipinski definition) is 1. The van der Waals surface area contributed by atoms with E-state index in [-0.39, 0.29) is 0 Å². The van der Waals surface area contributed by atoms with Crippen LogP contribution < -0.4 is 5.32 Å². The molecule has 0 radical (unpaired) electrons. The highest BCUT2D eigenvalue weighted by molar-refractivity contribution is 5.86. The topological polar surface area (TPSA) is 17.0 Å².